The quantitative estimate of drug-likeness (QED) is 0.601. The average Bonchev–Trinajstić information content (AvgIpc) is 2.72. The summed E-state index contributed by atoms with van der Waals surface area (Å²) in [5.41, 5.74) is 2.66. The minimum Gasteiger partial charge on any atom is -0.352 e. The van der Waals surface area contributed by atoms with Gasteiger partial charge < -0.3 is 10.2 Å². The van der Waals surface area contributed by atoms with Gasteiger partial charge in [-0.05, 0) is 69.5 Å². The number of nitrogens with one attached hydrogen (secondary N) is 1. The van der Waals surface area contributed by atoms with Gasteiger partial charge in [-0.15, -0.1) is 0 Å². The van der Waals surface area contributed by atoms with E-state index in [9.17, 15) is 22.4 Å². The summed E-state index contributed by atoms with van der Waals surface area (Å²) in [5, 5.41) is 2.78. The number of carbonyl (C=O) groups excluding carboxylic acids is 2. The summed E-state index contributed by atoms with van der Waals surface area (Å²) in [6.07, 6.45) is 1.04. The van der Waals surface area contributed by atoms with Crippen molar-refractivity contribution in [1.29, 1.82) is 0 Å². The molecule has 0 radical (unpaired) electrons. The van der Waals surface area contributed by atoms with Crippen LogP contribution in [0.4, 0.5) is 10.1 Å². The van der Waals surface area contributed by atoms with Gasteiger partial charge in [-0.3, -0.25) is 13.9 Å². The molecular formula is C24H32FN3O4S. The Morgan fingerprint density at radius 3 is 2.18 bits per heavy atom. The molecule has 7 nitrogen and oxygen atoms in total. The molecule has 0 aliphatic heterocycles. The molecule has 0 bridgehead atoms. The molecule has 0 aliphatic rings. The first-order valence-electron chi connectivity index (χ1n) is 10.7. The zero-order chi connectivity index (χ0) is 24.9. The number of anilines is 1. The summed E-state index contributed by atoms with van der Waals surface area (Å²) in [6, 6.07) is 9.84. The van der Waals surface area contributed by atoms with E-state index in [1.165, 1.54) is 29.2 Å². The van der Waals surface area contributed by atoms with Gasteiger partial charge >= 0.3 is 0 Å². The van der Waals surface area contributed by atoms with E-state index in [1.807, 2.05) is 26.8 Å². The van der Waals surface area contributed by atoms with Gasteiger partial charge in [-0.1, -0.05) is 24.3 Å². The summed E-state index contributed by atoms with van der Waals surface area (Å²) >= 11 is 0. The molecule has 0 aliphatic carbocycles. The van der Waals surface area contributed by atoms with Crippen LogP contribution in [-0.4, -0.2) is 50.0 Å². The molecule has 0 saturated heterocycles. The third kappa shape index (κ3) is 7.02. The zero-order valence-electron chi connectivity index (χ0n) is 19.9. The first kappa shape index (κ1) is 26.3. The first-order valence-corrected chi connectivity index (χ1v) is 12.5. The molecule has 1 atom stereocenters. The number of nitrogens with zero attached hydrogens (tertiary/aromatic N) is 2. The highest BCUT2D eigenvalue weighted by Gasteiger charge is 2.30. The predicted octanol–water partition coefficient (Wildman–Crippen LogP) is 3.15. The first-order chi connectivity index (χ1) is 15.3. The van der Waals surface area contributed by atoms with Crippen LogP contribution in [0.15, 0.2) is 42.5 Å². The van der Waals surface area contributed by atoms with E-state index in [4.69, 9.17) is 0 Å². The molecular weight excluding hydrogens is 445 g/mol. The second kappa shape index (κ2) is 10.8. The third-order valence-corrected chi connectivity index (χ3v) is 6.51. The highest BCUT2D eigenvalue weighted by Crippen LogP contribution is 2.25. The molecule has 0 spiro atoms. The van der Waals surface area contributed by atoms with Crippen LogP contribution in [0.1, 0.15) is 37.5 Å². The Balaban J connectivity index is 2.43. The lowest BCUT2D eigenvalue weighted by Crippen LogP contribution is -2.52. The highest BCUT2D eigenvalue weighted by atomic mass is 32.2. The number of aryl methyl sites for hydroxylation is 1. The number of benzene rings is 2. The fourth-order valence-electron chi connectivity index (χ4n) is 3.37. The van der Waals surface area contributed by atoms with Crippen LogP contribution in [0.3, 0.4) is 0 Å². The van der Waals surface area contributed by atoms with Crippen molar-refractivity contribution < 1.29 is 22.4 Å². The summed E-state index contributed by atoms with van der Waals surface area (Å²) in [4.78, 5) is 27.5. The molecule has 33 heavy (non-hydrogen) atoms. The SMILES string of the molecule is Cc1cccc(N(CC(=O)N(Cc2ccc(F)cc2)[C@H](C)C(=O)NC(C)C)S(C)(=O)=O)c1C. The van der Waals surface area contributed by atoms with E-state index >= 15 is 0 Å². The van der Waals surface area contributed by atoms with Gasteiger partial charge in [0.05, 0.1) is 11.9 Å². The van der Waals surface area contributed by atoms with Crippen molar-refractivity contribution in [2.75, 3.05) is 17.1 Å². The lowest BCUT2D eigenvalue weighted by atomic mass is 10.1. The average molecular weight is 478 g/mol. The topological polar surface area (TPSA) is 86.8 Å². The van der Waals surface area contributed by atoms with Crippen LogP contribution >= 0.6 is 0 Å². The summed E-state index contributed by atoms with van der Waals surface area (Å²) in [5.74, 6) is -1.32. The molecule has 0 saturated carbocycles. The Bertz CT molecular complexity index is 1100. The van der Waals surface area contributed by atoms with Gasteiger partial charge in [-0.25, -0.2) is 12.8 Å². The van der Waals surface area contributed by atoms with Crippen molar-refractivity contribution in [1.82, 2.24) is 10.2 Å². The summed E-state index contributed by atoms with van der Waals surface area (Å²) in [7, 11) is -3.79. The number of hydrogen-bond acceptors (Lipinski definition) is 4. The highest BCUT2D eigenvalue weighted by molar-refractivity contribution is 7.92. The number of carbonyl (C=O) groups is 2. The Morgan fingerprint density at radius 1 is 1.03 bits per heavy atom. The van der Waals surface area contributed by atoms with E-state index in [2.05, 4.69) is 5.32 Å². The van der Waals surface area contributed by atoms with E-state index in [0.717, 1.165) is 21.7 Å². The Hall–Kier alpha value is -2.94. The maximum Gasteiger partial charge on any atom is 0.244 e. The molecule has 2 amide bonds. The third-order valence-electron chi connectivity index (χ3n) is 5.39. The molecule has 0 unspecified atom stereocenters. The fraction of sp³-hybridized carbons (Fsp3) is 0.417. The molecule has 1 N–H and O–H groups in total. The van der Waals surface area contributed by atoms with Crippen molar-refractivity contribution in [2.45, 2.75) is 53.2 Å². The van der Waals surface area contributed by atoms with Crippen molar-refractivity contribution in [3.63, 3.8) is 0 Å². The number of amides is 2. The molecule has 0 heterocycles. The number of rotatable bonds is 9. The van der Waals surface area contributed by atoms with Crippen LogP contribution in [-0.2, 0) is 26.2 Å². The van der Waals surface area contributed by atoms with E-state index in [1.54, 1.807) is 26.0 Å². The second-order valence-corrected chi connectivity index (χ2v) is 10.4. The normalized spacial score (nSPS) is 12.4. The monoisotopic (exact) mass is 477 g/mol. The predicted molar refractivity (Wildman–Crippen MR) is 128 cm³/mol. The second-order valence-electron chi connectivity index (χ2n) is 8.48. The van der Waals surface area contributed by atoms with Gasteiger partial charge in [-0.2, -0.15) is 0 Å². The van der Waals surface area contributed by atoms with Gasteiger partial charge in [0.15, 0.2) is 0 Å². The molecule has 2 aromatic rings. The van der Waals surface area contributed by atoms with Gasteiger partial charge in [0.25, 0.3) is 0 Å². The maximum atomic E-state index is 13.4. The Labute approximate surface area is 195 Å². The van der Waals surface area contributed by atoms with Crippen LogP contribution in [0.2, 0.25) is 0 Å². The molecule has 180 valence electrons. The summed E-state index contributed by atoms with van der Waals surface area (Å²) in [6.45, 7) is 8.41. The molecule has 0 aromatic heterocycles. The van der Waals surface area contributed by atoms with Gasteiger partial charge in [0, 0.05) is 12.6 Å². The molecule has 2 aromatic carbocycles. The zero-order valence-corrected chi connectivity index (χ0v) is 20.7. The minimum atomic E-state index is -3.79. The largest absolute Gasteiger partial charge is 0.352 e. The smallest absolute Gasteiger partial charge is 0.244 e. The fourth-order valence-corrected chi connectivity index (χ4v) is 4.27. The lowest BCUT2D eigenvalue weighted by molar-refractivity contribution is -0.139. The van der Waals surface area contributed by atoms with Crippen molar-refractivity contribution in [2.24, 2.45) is 0 Å². The van der Waals surface area contributed by atoms with Gasteiger partial charge in [0.2, 0.25) is 21.8 Å². The molecule has 0 fully saturated rings. The van der Waals surface area contributed by atoms with E-state index in [-0.39, 0.29) is 18.5 Å². The molecule has 2 rings (SSSR count). The lowest BCUT2D eigenvalue weighted by Gasteiger charge is -2.32. The number of hydrogen-bond donors (Lipinski definition) is 1. The van der Waals surface area contributed by atoms with Crippen molar-refractivity contribution in [3.05, 3.63) is 65.0 Å². The van der Waals surface area contributed by atoms with Crippen LogP contribution in [0, 0.1) is 19.7 Å². The Kier molecular flexibility index (Phi) is 8.60. The van der Waals surface area contributed by atoms with Gasteiger partial charge in [0.1, 0.15) is 18.4 Å². The number of sulfonamides is 1. The maximum absolute atomic E-state index is 13.4. The number of halogens is 1. The Morgan fingerprint density at radius 2 is 1.64 bits per heavy atom. The van der Waals surface area contributed by atoms with Crippen molar-refractivity contribution in [3.8, 4) is 0 Å². The van der Waals surface area contributed by atoms with Crippen molar-refractivity contribution >= 4 is 27.5 Å². The van der Waals surface area contributed by atoms with Crippen LogP contribution < -0.4 is 9.62 Å². The standard InChI is InChI=1S/C24H32FN3O4S/c1-16(2)26-24(30)19(5)27(14-20-10-12-21(25)13-11-20)23(29)15-28(33(6,31)32)22-9-7-8-17(3)18(22)4/h7-13,16,19H,14-15H2,1-6H3,(H,26,30)/t19-/m1/s1. The van der Waals surface area contributed by atoms with E-state index < -0.39 is 34.3 Å². The molecule has 9 heteroatoms. The van der Waals surface area contributed by atoms with Crippen LogP contribution in [0.5, 0.6) is 0 Å². The minimum absolute atomic E-state index is 0.0240. The van der Waals surface area contributed by atoms with Crippen LogP contribution in [0.25, 0.3) is 0 Å². The van der Waals surface area contributed by atoms with E-state index in [0.29, 0.717) is 11.3 Å². The summed E-state index contributed by atoms with van der Waals surface area (Å²) < 4.78 is 39.7.